The van der Waals surface area contributed by atoms with Gasteiger partial charge < -0.3 is 5.32 Å². The van der Waals surface area contributed by atoms with E-state index in [1.54, 1.807) is 11.5 Å². The molecule has 1 aromatic rings. The number of nitrogens with zero attached hydrogens (tertiary/aromatic N) is 2. The van der Waals surface area contributed by atoms with Gasteiger partial charge in [0.2, 0.25) is 0 Å². The fourth-order valence-corrected chi connectivity index (χ4v) is 3.31. The molecule has 0 saturated heterocycles. The fraction of sp³-hybridized carbons (Fsp3) is 0.846. The Morgan fingerprint density at radius 1 is 1.18 bits per heavy atom. The summed E-state index contributed by atoms with van der Waals surface area (Å²) in [6, 6.07) is 0.452. The summed E-state index contributed by atoms with van der Waals surface area (Å²) >= 11 is 1.57. The van der Waals surface area contributed by atoms with E-state index in [4.69, 9.17) is 4.98 Å². The Bertz CT molecular complexity index is 333. The third kappa shape index (κ3) is 3.75. The lowest BCUT2D eigenvalue weighted by molar-refractivity contribution is 0.381. The molecule has 0 amide bonds. The molecular formula is C13H25N3S. The van der Waals surface area contributed by atoms with Crippen LogP contribution in [0.2, 0.25) is 0 Å². The highest BCUT2D eigenvalue weighted by atomic mass is 32.1. The minimum absolute atomic E-state index is 0.419. The van der Waals surface area contributed by atoms with Crippen molar-refractivity contribution < 1.29 is 0 Å². The van der Waals surface area contributed by atoms with Gasteiger partial charge in [0.15, 0.2) is 0 Å². The molecule has 2 atom stereocenters. The average molecular weight is 255 g/mol. The van der Waals surface area contributed by atoms with Gasteiger partial charge in [-0.05, 0) is 30.9 Å². The van der Waals surface area contributed by atoms with Gasteiger partial charge in [-0.3, -0.25) is 0 Å². The van der Waals surface area contributed by atoms with E-state index >= 15 is 0 Å². The standard InChI is InChI=1S/C13H25N3S/c1-7-14-10(6)11(8(2)3)13-15-12(9(4)5)16-17-13/h8-11,14H,7H2,1-6H3. The molecule has 0 aliphatic carbocycles. The number of aromatic nitrogens is 2. The van der Waals surface area contributed by atoms with Gasteiger partial charge in [0.25, 0.3) is 0 Å². The molecule has 2 unspecified atom stereocenters. The van der Waals surface area contributed by atoms with Gasteiger partial charge in [0, 0.05) is 17.9 Å². The Morgan fingerprint density at radius 2 is 1.82 bits per heavy atom. The van der Waals surface area contributed by atoms with E-state index in [9.17, 15) is 0 Å². The highest BCUT2D eigenvalue weighted by molar-refractivity contribution is 7.05. The maximum absolute atomic E-state index is 4.70. The van der Waals surface area contributed by atoms with Crippen LogP contribution in [0.5, 0.6) is 0 Å². The zero-order chi connectivity index (χ0) is 13.0. The van der Waals surface area contributed by atoms with Crippen LogP contribution < -0.4 is 5.32 Å². The monoisotopic (exact) mass is 255 g/mol. The quantitative estimate of drug-likeness (QED) is 0.846. The molecule has 0 saturated carbocycles. The maximum atomic E-state index is 4.70. The summed E-state index contributed by atoms with van der Waals surface area (Å²) in [4.78, 5) is 4.70. The summed E-state index contributed by atoms with van der Waals surface area (Å²) in [6.45, 7) is 14.2. The van der Waals surface area contributed by atoms with E-state index in [0.29, 0.717) is 23.8 Å². The molecule has 0 radical (unpaired) electrons. The normalized spacial score (nSPS) is 15.5. The van der Waals surface area contributed by atoms with Crippen LogP contribution in [0.3, 0.4) is 0 Å². The third-order valence-corrected chi connectivity index (χ3v) is 3.87. The van der Waals surface area contributed by atoms with Gasteiger partial charge in [-0.1, -0.05) is 34.6 Å². The summed E-state index contributed by atoms with van der Waals surface area (Å²) < 4.78 is 4.46. The Labute approximate surface area is 109 Å². The van der Waals surface area contributed by atoms with E-state index in [-0.39, 0.29) is 0 Å². The molecule has 98 valence electrons. The van der Waals surface area contributed by atoms with Gasteiger partial charge in [-0.2, -0.15) is 4.37 Å². The van der Waals surface area contributed by atoms with Crippen LogP contribution in [0.25, 0.3) is 0 Å². The first-order valence-electron chi connectivity index (χ1n) is 6.54. The fourth-order valence-electron chi connectivity index (χ4n) is 2.14. The van der Waals surface area contributed by atoms with E-state index in [1.807, 2.05) is 0 Å². The molecule has 0 aliphatic heterocycles. The number of hydrogen-bond acceptors (Lipinski definition) is 4. The highest BCUT2D eigenvalue weighted by Gasteiger charge is 2.26. The van der Waals surface area contributed by atoms with Crippen LogP contribution in [0.4, 0.5) is 0 Å². The van der Waals surface area contributed by atoms with Crippen LogP contribution in [0.15, 0.2) is 0 Å². The molecule has 4 heteroatoms. The predicted molar refractivity (Wildman–Crippen MR) is 74.7 cm³/mol. The minimum Gasteiger partial charge on any atom is -0.314 e. The van der Waals surface area contributed by atoms with Crippen LogP contribution in [-0.2, 0) is 0 Å². The maximum Gasteiger partial charge on any atom is 0.145 e. The second-order valence-corrected chi connectivity index (χ2v) is 6.05. The zero-order valence-electron chi connectivity index (χ0n) is 11.8. The van der Waals surface area contributed by atoms with Crippen LogP contribution >= 0.6 is 11.5 Å². The first-order chi connectivity index (χ1) is 7.97. The number of rotatable bonds is 6. The highest BCUT2D eigenvalue weighted by Crippen LogP contribution is 2.30. The van der Waals surface area contributed by atoms with Gasteiger partial charge in [0.05, 0.1) is 0 Å². The summed E-state index contributed by atoms with van der Waals surface area (Å²) in [5.41, 5.74) is 0. The smallest absolute Gasteiger partial charge is 0.145 e. The van der Waals surface area contributed by atoms with Gasteiger partial charge in [0.1, 0.15) is 10.8 Å². The Hall–Kier alpha value is -0.480. The van der Waals surface area contributed by atoms with Crippen molar-refractivity contribution in [3.05, 3.63) is 10.8 Å². The summed E-state index contributed by atoms with van der Waals surface area (Å²) in [5.74, 6) is 2.44. The second kappa shape index (κ2) is 6.45. The lowest BCUT2D eigenvalue weighted by atomic mass is 9.90. The third-order valence-electron chi connectivity index (χ3n) is 3.04. The second-order valence-electron chi connectivity index (χ2n) is 5.26. The largest absolute Gasteiger partial charge is 0.314 e. The SMILES string of the molecule is CCNC(C)C(c1nc(C(C)C)ns1)C(C)C. The molecule has 0 fully saturated rings. The Balaban J connectivity index is 2.89. The molecule has 3 nitrogen and oxygen atoms in total. The van der Waals surface area contributed by atoms with Crippen molar-refractivity contribution >= 4 is 11.5 Å². The summed E-state index contributed by atoms with van der Waals surface area (Å²) in [7, 11) is 0. The molecule has 0 bridgehead atoms. The number of hydrogen-bond donors (Lipinski definition) is 1. The van der Waals surface area contributed by atoms with E-state index < -0.39 is 0 Å². The molecule has 1 rings (SSSR count). The van der Waals surface area contributed by atoms with Crippen LogP contribution in [0, 0.1) is 5.92 Å². The summed E-state index contributed by atoms with van der Waals surface area (Å²) in [5, 5.41) is 4.68. The predicted octanol–water partition coefficient (Wildman–Crippen LogP) is 3.40. The first-order valence-corrected chi connectivity index (χ1v) is 7.31. The zero-order valence-corrected chi connectivity index (χ0v) is 12.6. The lowest BCUT2D eigenvalue weighted by Crippen LogP contribution is -2.34. The van der Waals surface area contributed by atoms with Crippen molar-refractivity contribution in [2.75, 3.05) is 6.54 Å². The minimum atomic E-state index is 0.419. The van der Waals surface area contributed by atoms with Gasteiger partial charge in [-0.25, -0.2) is 4.98 Å². The Kier molecular flexibility index (Phi) is 5.53. The van der Waals surface area contributed by atoms with Crippen molar-refractivity contribution in [2.45, 2.75) is 59.4 Å². The average Bonchev–Trinajstić information content (AvgIpc) is 2.66. The molecule has 1 aromatic heterocycles. The first kappa shape index (κ1) is 14.6. The molecule has 1 N–H and O–H groups in total. The molecule has 1 heterocycles. The van der Waals surface area contributed by atoms with Crippen LogP contribution in [-0.4, -0.2) is 21.9 Å². The number of nitrogens with one attached hydrogen (secondary N) is 1. The molecule has 0 spiro atoms. The van der Waals surface area contributed by atoms with Gasteiger partial charge in [-0.15, -0.1) is 0 Å². The Morgan fingerprint density at radius 3 is 2.24 bits per heavy atom. The summed E-state index contributed by atoms with van der Waals surface area (Å²) in [6.07, 6.45) is 0. The van der Waals surface area contributed by atoms with E-state index in [0.717, 1.165) is 12.4 Å². The molecule has 0 aliphatic rings. The van der Waals surface area contributed by atoms with E-state index in [1.165, 1.54) is 5.01 Å². The number of likely N-dealkylation sites (N-methyl/N-ethyl adjacent to an activating group) is 1. The van der Waals surface area contributed by atoms with Crippen molar-refractivity contribution in [3.8, 4) is 0 Å². The van der Waals surface area contributed by atoms with Crippen molar-refractivity contribution in [3.63, 3.8) is 0 Å². The molecule has 17 heavy (non-hydrogen) atoms. The molecule has 0 aromatic carbocycles. The van der Waals surface area contributed by atoms with Crippen molar-refractivity contribution in [1.82, 2.24) is 14.7 Å². The lowest BCUT2D eigenvalue weighted by Gasteiger charge is -2.25. The van der Waals surface area contributed by atoms with E-state index in [2.05, 4.69) is 51.2 Å². The topological polar surface area (TPSA) is 37.8 Å². The van der Waals surface area contributed by atoms with Crippen LogP contribution in [0.1, 0.15) is 64.2 Å². The molecular weight excluding hydrogens is 230 g/mol. The van der Waals surface area contributed by atoms with Crippen molar-refractivity contribution in [1.29, 1.82) is 0 Å². The van der Waals surface area contributed by atoms with Gasteiger partial charge >= 0.3 is 0 Å². The van der Waals surface area contributed by atoms with Crippen molar-refractivity contribution in [2.24, 2.45) is 5.92 Å².